The number of rotatable bonds is 7. The van der Waals surface area contributed by atoms with E-state index in [-0.39, 0.29) is 5.91 Å². The highest BCUT2D eigenvalue weighted by molar-refractivity contribution is 7.92. The number of sulfonamides is 1. The van der Waals surface area contributed by atoms with E-state index in [1.54, 1.807) is 33.2 Å². The molecule has 0 N–H and O–H groups in total. The summed E-state index contributed by atoms with van der Waals surface area (Å²) in [5, 5.41) is 0. The molecule has 146 valence electrons. The van der Waals surface area contributed by atoms with Crippen molar-refractivity contribution in [3.05, 3.63) is 59.7 Å². The molecule has 0 spiro atoms. The van der Waals surface area contributed by atoms with Crippen LogP contribution in [-0.2, 0) is 21.4 Å². The number of anilines is 1. The van der Waals surface area contributed by atoms with Crippen molar-refractivity contribution in [1.29, 1.82) is 0 Å². The average molecular weight is 391 g/mol. The molecule has 0 aliphatic rings. The second-order valence-electron chi connectivity index (χ2n) is 6.58. The van der Waals surface area contributed by atoms with Gasteiger partial charge in [-0.2, -0.15) is 0 Å². The number of benzene rings is 2. The minimum absolute atomic E-state index is 0.299. The summed E-state index contributed by atoms with van der Waals surface area (Å²) in [5.74, 6) is 0.384. The molecular weight excluding hydrogens is 364 g/mol. The molecule has 27 heavy (non-hydrogen) atoms. The molecule has 1 atom stereocenters. The van der Waals surface area contributed by atoms with Gasteiger partial charge in [-0.15, -0.1) is 0 Å². The first-order valence-electron chi connectivity index (χ1n) is 8.58. The van der Waals surface area contributed by atoms with Crippen LogP contribution in [0.4, 0.5) is 5.69 Å². The third-order valence-corrected chi connectivity index (χ3v) is 5.57. The van der Waals surface area contributed by atoms with Crippen molar-refractivity contribution in [2.45, 2.75) is 26.4 Å². The first kappa shape index (κ1) is 20.8. The molecule has 2 aromatic carbocycles. The van der Waals surface area contributed by atoms with Crippen molar-refractivity contribution in [3.8, 4) is 5.75 Å². The number of hydrogen-bond acceptors (Lipinski definition) is 4. The molecule has 0 saturated heterocycles. The van der Waals surface area contributed by atoms with Crippen molar-refractivity contribution in [2.24, 2.45) is 0 Å². The lowest BCUT2D eigenvalue weighted by Gasteiger charge is -2.31. The minimum Gasteiger partial charge on any atom is -0.496 e. The Hall–Kier alpha value is -2.54. The van der Waals surface area contributed by atoms with Gasteiger partial charge < -0.3 is 9.64 Å². The van der Waals surface area contributed by atoms with Crippen LogP contribution in [0.1, 0.15) is 18.1 Å². The quantitative estimate of drug-likeness (QED) is 0.729. The van der Waals surface area contributed by atoms with Gasteiger partial charge in [-0.05, 0) is 32.0 Å². The highest BCUT2D eigenvalue weighted by Crippen LogP contribution is 2.23. The number of likely N-dealkylation sites (N-methyl/N-ethyl adjacent to an activating group) is 1. The lowest BCUT2D eigenvalue weighted by molar-refractivity contribution is -0.131. The number of carbonyl (C=O) groups is 1. The van der Waals surface area contributed by atoms with Gasteiger partial charge in [0.1, 0.15) is 11.8 Å². The van der Waals surface area contributed by atoms with Crippen molar-refractivity contribution in [2.75, 3.05) is 24.7 Å². The van der Waals surface area contributed by atoms with E-state index in [4.69, 9.17) is 4.74 Å². The summed E-state index contributed by atoms with van der Waals surface area (Å²) in [7, 11) is -0.404. The van der Waals surface area contributed by atoms with E-state index in [1.807, 2.05) is 43.3 Å². The Kier molecular flexibility index (Phi) is 6.49. The fourth-order valence-electron chi connectivity index (χ4n) is 2.98. The van der Waals surface area contributed by atoms with Gasteiger partial charge in [-0.1, -0.05) is 35.9 Å². The minimum atomic E-state index is -3.63. The van der Waals surface area contributed by atoms with E-state index in [0.717, 1.165) is 21.7 Å². The van der Waals surface area contributed by atoms with E-state index < -0.39 is 16.1 Å². The number of nitrogens with zero attached hydrogens (tertiary/aromatic N) is 2. The van der Waals surface area contributed by atoms with Crippen LogP contribution in [0.2, 0.25) is 0 Å². The van der Waals surface area contributed by atoms with Crippen molar-refractivity contribution < 1.29 is 17.9 Å². The second-order valence-corrected chi connectivity index (χ2v) is 8.44. The Morgan fingerprint density at radius 2 is 1.70 bits per heavy atom. The van der Waals surface area contributed by atoms with Crippen LogP contribution >= 0.6 is 0 Å². The summed E-state index contributed by atoms with van der Waals surface area (Å²) >= 11 is 0. The van der Waals surface area contributed by atoms with Gasteiger partial charge in [0.15, 0.2) is 0 Å². The van der Waals surface area contributed by atoms with E-state index in [9.17, 15) is 13.2 Å². The van der Waals surface area contributed by atoms with Crippen LogP contribution in [-0.4, -0.2) is 45.7 Å². The zero-order chi connectivity index (χ0) is 20.2. The standard InChI is InChI=1S/C20H26N2O4S/c1-15-10-12-18(13-11-15)22(27(5,24)25)16(2)20(23)21(3)14-17-8-6-7-9-19(17)26-4/h6-13,16H,14H2,1-5H3/t16-/m1/s1. The van der Waals surface area contributed by atoms with Gasteiger partial charge in [-0.3, -0.25) is 9.10 Å². The molecule has 0 fully saturated rings. The third-order valence-electron chi connectivity index (χ3n) is 4.33. The number of hydrogen-bond donors (Lipinski definition) is 0. The van der Waals surface area contributed by atoms with Gasteiger partial charge in [0.2, 0.25) is 15.9 Å². The number of carbonyl (C=O) groups excluding carboxylic acids is 1. The normalized spacial score (nSPS) is 12.3. The first-order valence-corrected chi connectivity index (χ1v) is 10.4. The Labute approximate surface area is 161 Å². The maximum absolute atomic E-state index is 13.0. The topological polar surface area (TPSA) is 66.9 Å². The number of para-hydroxylation sites is 1. The Morgan fingerprint density at radius 3 is 2.26 bits per heavy atom. The summed E-state index contributed by atoms with van der Waals surface area (Å²) < 4.78 is 31.2. The van der Waals surface area contributed by atoms with Crippen molar-refractivity contribution in [3.63, 3.8) is 0 Å². The van der Waals surface area contributed by atoms with Crippen LogP contribution in [0.15, 0.2) is 48.5 Å². The van der Waals surface area contributed by atoms with Gasteiger partial charge in [0.25, 0.3) is 0 Å². The summed E-state index contributed by atoms with van der Waals surface area (Å²) in [4.78, 5) is 14.5. The molecule has 0 aliphatic heterocycles. The SMILES string of the molecule is COc1ccccc1CN(C)C(=O)[C@@H](C)N(c1ccc(C)cc1)S(C)(=O)=O. The molecular formula is C20H26N2O4S. The Morgan fingerprint density at radius 1 is 1.11 bits per heavy atom. The van der Waals surface area contributed by atoms with Gasteiger partial charge in [0.05, 0.1) is 19.1 Å². The predicted octanol–water partition coefficient (Wildman–Crippen LogP) is 2.82. The summed E-state index contributed by atoms with van der Waals surface area (Å²) in [6, 6.07) is 13.6. The molecule has 2 aromatic rings. The maximum atomic E-state index is 13.0. The van der Waals surface area contributed by atoms with Crippen molar-refractivity contribution in [1.82, 2.24) is 4.90 Å². The zero-order valence-electron chi connectivity index (χ0n) is 16.3. The number of ether oxygens (including phenoxy) is 1. The molecule has 6 nitrogen and oxygen atoms in total. The molecule has 0 bridgehead atoms. The third kappa shape index (κ3) is 5.01. The molecule has 0 aromatic heterocycles. The second kappa shape index (κ2) is 8.43. The Bertz CT molecular complexity index is 894. The van der Waals surface area contributed by atoms with Crippen LogP contribution in [0, 0.1) is 6.92 Å². The zero-order valence-corrected chi connectivity index (χ0v) is 17.2. The smallest absolute Gasteiger partial charge is 0.246 e. The average Bonchev–Trinajstić information content (AvgIpc) is 2.62. The maximum Gasteiger partial charge on any atom is 0.246 e. The molecule has 2 rings (SSSR count). The number of methoxy groups -OCH3 is 1. The van der Waals surface area contributed by atoms with Gasteiger partial charge in [0, 0.05) is 19.2 Å². The van der Waals surface area contributed by atoms with Crippen LogP contribution in [0.3, 0.4) is 0 Å². The van der Waals surface area contributed by atoms with Crippen LogP contribution in [0.5, 0.6) is 5.75 Å². The molecule has 0 heterocycles. The van der Waals surface area contributed by atoms with Gasteiger partial charge >= 0.3 is 0 Å². The summed E-state index contributed by atoms with van der Waals surface area (Å²) in [6.45, 7) is 3.84. The number of amides is 1. The van der Waals surface area contributed by atoms with Crippen LogP contribution < -0.4 is 9.04 Å². The highest BCUT2D eigenvalue weighted by atomic mass is 32.2. The van der Waals surface area contributed by atoms with E-state index in [1.165, 1.54) is 4.90 Å². The molecule has 0 unspecified atom stereocenters. The lowest BCUT2D eigenvalue weighted by atomic mass is 10.1. The molecule has 0 aliphatic carbocycles. The Balaban J connectivity index is 2.27. The molecule has 0 radical (unpaired) electrons. The van der Waals surface area contributed by atoms with Crippen molar-refractivity contribution >= 4 is 21.6 Å². The fraction of sp³-hybridized carbons (Fsp3) is 0.350. The van der Waals surface area contributed by atoms with E-state index in [2.05, 4.69) is 0 Å². The van der Waals surface area contributed by atoms with Crippen LogP contribution in [0.25, 0.3) is 0 Å². The highest BCUT2D eigenvalue weighted by Gasteiger charge is 2.31. The monoisotopic (exact) mass is 390 g/mol. The molecule has 0 saturated carbocycles. The predicted molar refractivity (Wildman–Crippen MR) is 107 cm³/mol. The van der Waals surface area contributed by atoms with Gasteiger partial charge in [-0.25, -0.2) is 8.42 Å². The molecule has 7 heteroatoms. The summed E-state index contributed by atoms with van der Waals surface area (Å²) in [5.41, 5.74) is 2.33. The van der Waals surface area contributed by atoms with E-state index >= 15 is 0 Å². The fourth-order valence-corrected chi connectivity index (χ4v) is 4.15. The lowest BCUT2D eigenvalue weighted by Crippen LogP contribution is -2.48. The van der Waals surface area contributed by atoms with E-state index in [0.29, 0.717) is 18.0 Å². The molecule has 1 amide bonds. The number of aryl methyl sites for hydroxylation is 1. The first-order chi connectivity index (χ1) is 12.6. The summed E-state index contributed by atoms with van der Waals surface area (Å²) in [6.07, 6.45) is 1.11. The largest absolute Gasteiger partial charge is 0.496 e.